The number of benzene rings is 2. The first-order valence-electron chi connectivity index (χ1n) is 9.27. The quantitative estimate of drug-likeness (QED) is 0.746. The number of amides is 1. The molecule has 1 amide bonds. The molecule has 2 aliphatic rings. The molecule has 134 valence electrons. The molecule has 26 heavy (non-hydrogen) atoms. The molecule has 0 saturated heterocycles. The summed E-state index contributed by atoms with van der Waals surface area (Å²) in [5.41, 5.74) is 3.06. The van der Waals surface area contributed by atoms with E-state index in [4.69, 9.17) is 4.74 Å². The SMILES string of the molecule is C[C@H](c1ccccc1)N1C(=O)C2=C(CC(C)(C)C2)OC1c1ccccc1. The standard InChI is InChI=1S/C23H25NO2/c1-16(17-10-6-4-7-11-17)24-21(25)19-14-23(2,3)15-20(19)26-22(24)18-12-8-5-9-13-18/h4-13,16,22H,14-15H2,1-3H3/t16-,22?/m1/s1. The van der Waals surface area contributed by atoms with Crippen LogP contribution in [0.5, 0.6) is 0 Å². The van der Waals surface area contributed by atoms with Gasteiger partial charge in [-0.1, -0.05) is 74.5 Å². The van der Waals surface area contributed by atoms with Crippen LogP contribution < -0.4 is 0 Å². The largest absolute Gasteiger partial charge is 0.470 e. The topological polar surface area (TPSA) is 29.5 Å². The minimum Gasteiger partial charge on any atom is -0.470 e. The Hall–Kier alpha value is -2.55. The fourth-order valence-corrected chi connectivity index (χ4v) is 4.06. The molecular formula is C23H25NO2. The highest BCUT2D eigenvalue weighted by Gasteiger charge is 2.45. The van der Waals surface area contributed by atoms with Crippen molar-refractivity contribution in [2.24, 2.45) is 5.41 Å². The van der Waals surface area contributed by atoms with Crippen molar-refractivity contribution in [2.75, 3.05) is 0 Å². The molecule has 2 aromatic carbocycles. The summed E-state index contributed by atoms with van der Waals surface area (Å²) in [4.78, 5) is 15.4. The molecule has 0 N–H and O–H groups in total. The fourth-order valence-electron chi connectivity index (χ4n) is 4.06. The van der Waals surface area contributed by atoms with Crippen LogP contribution in [0.15, 0.2) is 72.0 Å². The maximum absolute atomic E-state index is 13.5. The number of hydrogen-bond donors (Lipinski definition) is 0. The van der Waals surface area contributed by atoms with Crippen molar-refractivity contribution >= 4 is 5.91 Å². The molecule has 0 aromatic heterocycles. The number of carbonyl (C=O) groups is 1. The van der Waals surface area contributed by atoms with Gasteiger partial charge >= 0.3 is 0 Å². The van der Waals surface area contributed by atoms with Crippen LogP contribution >= 0.6 is 0 Å². The maximum Gasteiger partial charge on any atom is 0.256 e. The van der Waals surface area contributed by atoms with Crippen molar-refractivity contribution in [3.63, 3.8) is 0 Å². The normalized spacial score (nSPS) is 22.8. The first kappa shape index (κ1) is 16.9. The number of allylic oxidation sites excluding steroid dienone is 1. The summed E-state index contributed by atoms with van der Waals surface area (Å²) in [6, 6.07) is 20.2. The molecule has 1 heterocycles. The lowest BCUT2D eigenvalue weighted by molar-refractivity contribution is -0.149. The van der Waals surface area contributed by atoms with Gasteiger partial charge in [-0.2, -0.15) is 0 Å². The van der Waals surface area contributed by atoms with Crippen LogP contribution in [0.2, 0.25) is 0 Å². The van der Waals surface area contributed by atoms with Crippen LogP contribution in [0.3, 0.4) is 0 Å². The molecule has 3 nitrogen and oxygen atoms in total. The Bertz CT molecular complexity index is 839. The van der Waals surface area contributed by atoms with Gasteiger partial charge in [0.2, 0.25) is 6.23 Å². The molecule has 0 bridgehead atoms. The lowest BCUT2D eigenvalue weighted by atomic mass is 9.89. The minimum absolute atomic E-state index is 0.0633. The Morgan fingerprint density at radius 2 is 1.62 bits per heavy atom. The van der Waals surface area contributed by atoms with E-state index in [0.717, 1.165) is 35.3 Å². The zero-order chi connectivity index (χ0) is 18.3. The first-order valence-corrected chi connectivity index (χ1v) is 9.27. The van der Waals surface area contributed by atoms with Crippen LogP contribution in [0, 0.1) is 5.41 Å². The van der Waals surface area contributed by atoms with E-state index in [1.54, 1.807) is 0 Å². The first-order chi connectivity index (χ1) is 12.5. The van der Waals surface area contributed by atoms with E-state index in [1.807, 2.05) is 53.4 Å². The Balaban J connectivity index is 1.77. The van der Waals surface area contributed by atoms with E-state index in [1.165, 1.54) is 0 Å². The molecule has 0 fully saturated rings. The second kappa shape index (κ2) is 6.31. The van der Waals surface area contributed by atoms with Gasteiger partial charge in [-0.15, -0.1) is 0 Å². The fraction of sp³-hybridized carbons (Fsp3) is 0.348. The Labute approximate surface area is 155 Å². The van der Waals surface area contributed by atoms with Crippen LogP contribution in [-0.2, 0) is 9.53 Å². The second-order valence-corrected chi connectivity index (χ2v) is 8.10. The minimum atomic E-state index is -0.383. The van der Waals surface area contributed by atoms with E-state index < -0.39 is 0 Å². The van der Waals surface area contributed by atoms with Crippen molar-refractivity contribution in [1.29, 1.82) is 0 Å². The molecular weight excluding hydrogens is 322 g/mol. The van der Waals surface area contributed by atoms with E-state index in [0.29, 0.717) is 0 Å². The summed E-state index contributed by atoms with van der Waals surface area (Å²) in [5, 5.41) is 0. The Morgan fingerprint density at radius 3 is 2.27 bits per heavy atom. The van der Waals surface area contributed by atoms with Gasteiger partial charge in [-0.3, -0.25) is 9.69 Å². The zero-order valence-corrected chi connectivity index (χ0v) is 15.6. The van der Waals surface area contributed by atoms with Gasteiger partial charge < -0.3 is 4.74 Å². The number of carbonyl (C=O) groups excluding carboxylic acids is 1. The van der Waals surface area contributed by atoms with Crippen LogP contribution in [0.25, 0.3) is 0 Å². The number of hydrogen-bond acceptors (Lipinski definition) is 2. The molecule has 0 spiro atoms. The molecule has 0 saturated carbocycles. The highest BCUT2D eigenvalue weighted by Crippen LogP contribution is 2.49. The van der Waals surface area contributed by atoms with Crippen LogP contribution in [-0.4, -0.2) is 10.8 Å². The zero-order valence-electron chi connectivity index (χ0n) is 15.6. The summed E-state index contributed by atoms with van der Waals surface area (Å²) in [5.74, 6) is 0.993. The van der Waals surface area contributed by atoms with Crippen molar-refractivity contribution in [3.05, 3.63) is 83.1 Å². The van der Waals surface area contributed by atoms with E-state index in [9.17, 15) is 4.79 Å². The average molecular weight is 347 g/mol. The lowest BCUT2D eigenvalue weighted by Gasteiger charge is -2.40. The summed E-state index contributed by atoms with van der Waals surface area (Å²) >= 11 is 0. The molecule has 0 radical (unpaired) electrons. The molecule has 2 aromatic rings. The van der Waals surface area contributed by atoms with Gasteiger partial charge in [0.15, 0.2) is 0 Å². The Morgan fingerprint density at radius 1 is 1.00 bits per heavy atom. The van der Waals surface area contributed by atoms with Crippen molar-refractivity contribution in [2.45, 2.75) is 45.9 Å². The lowest BCUT2D eigenvalue weighted by Crippen LogP contribution is -2.42. The van der Waals surface area contributed by atoms with Crippen molar-refractivity contribution in [1.82, 2.24) is 4.90 Å². The van der Waals surface area contributed by atoms with Gasteiger partial charge in [0.1, 0.15) is 5.76 Å². The van der Waals surface area contributed by atoms with Crippen LogP contribution in [0.4, 0.5) is 0 Å². The average Bonchev–Trinajstić information content (AvgIpc) is 2.97. The molecule has 3 heteroatoms. The van der Waals surface area contributed by atoms with Crippen molar-refractivity contribution < 1.29 is 9.53 Å². The van der Waals surface area contributed by atoms with Gasteiger partial charge in [-0.25, -0.2) is 0 Å². The summed E-state index contributed by atoms with van der Waals surface area (Å²) < 4.78 is 6.44. The third-order valence-corrected chi connectivity index (χ3v) is 5.41. The highest BCUT2D eigenvalue weighted by atomic mass is 16.5. The molecule has 2 atom stereocenters. The summed E-state index contributed by atoms with van der Waals surface area (Å²) in [6.07, 6.45) is 1.22. The number of ether oxygens (including phenoxy) is 1. The second-order valence-electron chi connectivity index (χ2n) is 8.10. The monoisotopic (exact) mass is 347 g/mol. The number of nitrogens with zero attached hydrogens (tertiary/aromatic N) is 1. The predicted octanol–water partition coefficient (Wildman–Crippen LogP) is 5.38. The molecule has 1 unspecified atom stereocenters. The molecule has 1 aliphatic carbocycles. The molecule has 1 aliphatic heterocycles. The maximum atomic E-state index is 13.5. The van der Waals surface area contributed by atoms with Gasteiger partial charge in [-0.05, 0) is 24.3 Å². The third kappa shape index (κ3) is 2.92. The Kier molecular flexibility index (Phi) is 4.10. The third-order valence-electron chi connectivity index (χ3n) is 5.41. The van der Waals surface area contributed by atoms with Crippen molar-refractivity contribution in [3.8, 4) is 0 Å². The predicted molar refractivity (Wildman–Crippen MR) is 102 cm³/mol. The van der Waals surface area contributed by atoms with E-state index in [2.05, 4.69) is 32.9 Å². The summed E-state index contributed by atoms with van der Waals surface area (Å²) in [7, 11) is 0. The number of rotatable bonds is 3. The highest BCUT2D eigenvalue weighted by molar-refractivity contribution is 5.95. The summed E-state index contributed by atoms with van der Waals surface area (Å²) in [6.45, 7) is 6.48. The van der Waals surface area contributed by atoms with Gasteiger partial charge in [0.05, 0.1) is 11.6 Å². The van der Waals surface area contributed by atoms with Crippen LogP contribution in [0.1, 0.15) is 57.0 Å². The van der Waals surface area contributed by atoms with E-state index in [-0.39, 0.29) is 23.6 Å². The van der Waals surface area contributed by atoms with Gasteiger partial charge in [0.25, 0.3) is 5.91 Å². The smallest absolute Gasteiger partial charge is 0.256 e. The van der Waals surface area contributed by atoms with E-state index >= 15 is 0 Å². The molecule has 4 rings (SSSR count). The van der Waals surface area contributed by atoms with Gasteiger partial charge in [0, 0.05) is 12.0 Å².